The van der Waals surface area contributed by atoms with Crippen LogP contribution in [-0.2, 0) is 0 Å². The summed E-state index contributed by atoms with van der Waals surface area (Å²) in [5, 5.41) is 5.84. The molecule has 88 valence electrons. The van der Waals surface area contributed by atoms with Crippen molar-refractivity contribution < 1.29 is 0 Å². The van der Waals surface area contributed by atoms with Crippen molar-refractivity contribution >= 4 is 11.5 Å². The summed E-state index contributed by atoms with van der Waals surface area (Å²) in [4.78, 5) is 18.3. The van der Waals surface area contributed by atoms with E-state index in [9.17, 15) is 4.79 Å². The number of pyridine rings is 2. The number of nitrogens with one attached hydrogen (secondary N) is 3. The molecular formula is C12H14N4O. The van der Waals surface area contributed by atoms with E-state index in [0.29, 0.717) is 5.69 Å². The maximum absolute atomic E-state index is 11.4. The number of anilines is 2. The predicted octanol–water partition coefficient (Wildman–Crippen LogP) is 1.52. The Labute approximate surface area is 98.9 Å². The van der Waals surface area contributed by atoms with Crippen LogP contribution >= 0.6 is 0 Å². The Kier molecular flexibility index (Phi) is 3.09. The zero-order valence-electron chi connectivity index (χ0n) is 9.74. The second kappa shape index (κ2) is 4.69. The van der Waals surface area contributed by atoms with Gasteiger partial charge in [-0.05, 0) is 23.8 Å². The highest BCUT2D eigenvalue weighted by Gasteiger charge is 2.03. The van der Waals surface area contributed by atoms with Gasteiger partial charge in [-0.1, -0.05) is 0 Å². The molecule has 0 fully saturated rings. The highest BCUT2D eigenvalue weighted by atomic mass is 16.1. The maximum atomic E-state index is 11.4. The van der Waals surface area contributed by atoms with Gasteiger partial charge in [-0.3, -0.25) is 4.79 Å². The fourth-order valence-corrected chi connectivity index (χ4v) is 1.58. The van der Waals surface area contributed by atoms with Gasteiger partial charge in [0.25, 0.3) is 5.56 Å². The van der Waals surface area contributed by atoms with Crippen LogP contribution in [0.4, 0.5) is 11.5 Å². The molecule has 2 aromatic rings. The van der Waals surface area contributed by atoms with E-state index in [2.05, 4.69) is 20.6 Å². The summed E-state index contributed by atoms with van der Waals surface area (Å²) in [6.45, 7) is 0. The molecular weight excluding hydrogens is 216 g/mol. The summed E-state index contributed by atoms with van der Waals surface area (Å²) in [6, 6.07) is 5.63. The summed E-state index contributed by atoms with van der Waals surface area (Å²) in [6.07, 6.45) is 3.42. The monoisotopic (exact) mass is 230 g/mol. The lowest BCUT2D eigenvalue weighted by molar-refractivity contribution is 1.22. The third-order valence-electron chi connectivity index (χ3n) is 2.52. The molecule has 0 aliphatic heterocycles. The van der Waals surface area contributed by atoms with Gasteiger partial charge in [0.15, 0.2) is 0 Å². The van der Waals surface area contributed by atoms with Crippen molar-refractivity contribution in [1.82, 2.24) is 9.97 Å². The molecule has 0 radical (unpaired) electrons. The van der Waals surface area contributed by atoms with Crippen LogP contribution < -0.4 is 16.2 Å². The quantitative estimate of drug-likeness (QED) is 0.747. The van der Waals surface area contributed by atoms with Crippen molar-refractivity contribution in [2.75, 3.05) is 24.7 Å². The van der Waals surface area contributed by atoms with Crippen LogP contribution in [0.1, 0.15) is 0 Å². The van der Waals surface area contributed by atoms with Crippen LogP contribution in [0.5, 0.6) is 0 Å². The third-order valence-corrected chi connectivity index (χ3v) is 2.52. The van der Waals surface area contributed by atoms with Crippen LogP contribution in [0.25, 0.3) is 11.1 Å². The molecule has 2 rings (SSSR count). The first-order valence-electron chi connectivity index (χ1n) is 5.29. The summed E-state index contributed by atoms with van der Waals surface area (Å²) >= 11 is 0. The number of H-pyrrole nitrogens is 1. The van der Waals surface area contributed by atoms with Gasteiger partial charge in [-0.15, -0.1) is 0 Å². The third kappa shape index (κ3) is 2.28. The molecule has 0 atom stereocenters. The Hall–Kier alpha value is -2.30. The standard InChI is InChI=1S/C12H14N4O/c1-13-10-5-9(7-16-12(10)17)8-3-4-15-11(6-8)14-2/h3-7,13H,1-2H3,(H,14,15)(H,16,17). The molecule has 0 amide bonds. The van der Waals surface area contributed by atoms with Crippen molar-refractivity contribution in [1.29, 1.82) is 0 Å². The Balaban J connectivity index is 2.48. The number of aromatic amines is 1. The summed E-state index contributed by atoms with van der Waals surface area (Å²) < 4.78 is 0. The Morgan fingerprint density at radius 2 is 2.00 bits per heavy atom. The lowest BCUT2D eigenvalue weighted by Gasteiger charge is -2.06. The minimum atomic E-state index is -0.126. The summed E-state index contributed by atoms with van der Waals surface area (Å²) in [7, 11) is 3.54. The molecule has 2 aromatic heterocycles. The predicted molar refractivity (Wildman–Crippen MR) is 69.4 cm³/mol. The Morgan fingerprint density at radius 1 is 1.18 bits per heavy atom. The Morgan fingerprint density at radius 3 is 2.71 bits per heavy atom. The highest BCUT2D eigenvalue weighted by molar-refractivity contribution is 5.68. The summed E-state index contributed by atoms with van der Waals surface area (Å²) in [5.41, 5.74) is 2.36. The molecule has 5 nitrogen and oxygen atoms in total. The zero-order chi connectivity index (χ0) is 12.3. The lowest BCUT2D eigenvalue weighted by atomic mass is 10.1. The van der Waals surface area contributed by atoms with Gasteiger partial charge >= 0.3 is 0 Å². The minimum Gasteiger partial charge on any atom is -0.384 e. The molecule has 0 saturated heterocycles. The molecule has 0 aliphatic carbocycles. The molecule has 2 heterocycles. The average Bonchev–Trinajstić information content (AvgIpc) is 2.39. The number of hydrogen-bond donors (Lipinski definition) is 3. The molecule has 0 spiro atoms. The molecule has 0 unspecified atom stereocenters. The van der Waals surface area contributed by atoms with Crippen LogP contribution in [0.3, 0.4) is 0 Å². The van der Waals surface area contributed by atoms with Gasteiger partial charge in [0.1, 0.15) is 11.5 Å². The second-order valence-corrected chi connectivity index (χ2v) is 3.56. The number of rotatable bonds is 3. The number of hydrogen-bond acceptors (Lipinski definition) is 4. The Bertz CT molecular complexity index is 577. The van der Waals surface area contributed by atoms with Crippen molar-refractivity contribution in [3.8, 4) is 11.1 Å². The largest absolute Gasteiger partial charge is 0.384 e. The van der Waals surface area contributed by atoms with Crippen LogP contribution in [0.2, 0.25) is 0 Å². The van der Waals surface area contributed by atoms with Crippen molar-refractivity contribution in [2.45, 2.75) is 0 Å². The first-order chi connectivity index (χ1) is 8.24. The van der Waals surface area contributed by atoms with Crippen molar-refractivity contribution in [3.05, 3.63) is 40.9 Å². The zero-order valence-corrected chi connectivity index (χ0v) is 9.74. The molecule has 5 heteroatoms. The molecule has 3 N–H and O–H groups in total. The van der Waals surface area contributed by atoms with Gasteiger partial charge in [0, 0.05) is 32.1 Å². The molecule has 0 saturated carbocycles. The first-order valence-corrected chi connectivity index (χ1v) is 5.29. The fraction of sp³-hybridized carbons (Fsp3) is 0.167. The smallest absolute Gasteiger partial charge is 0.271 e. The number of aromatic nitrogens is 2. The van der Waals surface area contributed by atoms with E-state index < -0.39 is 0 Å². The summed E-state index contributed by atoms with van der Waals surface area (Å²) in [5.74, 6) is 0.791. The van der Waals surface area contributed by atoms with Gasteiger partial charge in [0.05, 0.1) is 0 Å². The minimum absolute atomic E-state index is 0.126. The molecule has 0 aliphatic rings. The first kappa shape index (κ1) is 11.2. The van der Waals surface area contributed by atoms with E-state index in [1.54, 1.807) is 19.4 Å². The lowest BCUT2D eigenvalue weighted by Crippen LogP contribution is -2.10. The fourth-order valence-electron chi connectivity index (χ4n) is 1.58. The maximum Gasteiger partial charge on any atom is 0.271 e. The topological polar surface area (TPSA) is 69.8 Å². The van der Waals surface area contributed by atoms with Gasteiger partial charge in [-0.2, -0.15) is 0 Å². The molecule has 17 heavy (non-hydrogen) atoms. The second-order valence-electron chi connectivity index (χ2n) is 3.56. The van der Waals surface area contributed by atoms with Crippen molar-refractivity contribution in [3.63, 3.8) is 0 Å². The van der Waals surface area contributed by atoms with E-state index in [-0.39, 0.29) is 5.56 Å². The van der Waals surface area contributed by atoms with Crippen LogP contribution in [0.15, 0.2) is 35.4 Å². The van der Waals surface area contributed by atoms with Gasteiger partial charge in [-0.25, -0.2) is 4.98 Å². The number of nitrogens with zero attached hydrogens (tertiary/aromatic N) is 1. The normalized spacial score (nSPS) is 10.0. The van der Waals surface area contributed by atoms with Gasteiger partial charge in [0.2, 0.25) is 0 Å². The van der Waals surface area contributed by atoms with Crippen molar-refractivity contribution in [2.24, 2.45) is 0 Å². The molecule has 0 bridgehead atoms. The van der Waals surface area contributed by atoms with E-state index in [1.165, 1.54) is 0 Å². The highest BCUT2D eigenvalue weighted by Crippen LogP contribution is 2.21. The van der Waals surface area contributed by atoms with E-state index >= 15 is 0 Å². The van der Waals surface area contributed by atoms with Crippen LogP contribution in [0, 0.1) is 0 Å². The molecule has 0 aromatic carbocycles. The van der Waals surface area contributed by atoms with E-state index in [0.717, 1.165) is 16.9 Å². The average molecular weight is 230 g/mol. The van der Waals surface area contributed by atoms with E-state index in [4.69, 9.17) is 0 Å². The van der Waals surface area contributed by atoms with Crippen LogP contribution in [-0.4, -0.2) is 24.1 Å². The van der Waals surface area contributed by atoms with E-state index in [1.807, 2.05) is 25.2 Å². The SMILES string of the molecule is CNc1cc(-c2c[nH]c(=O)c(NC)c2)ccn1. The van der Waals surface area contributed by atoms with Gasteiger partial charge < -0.3 is 15.6 Å².